The number of amides is 3. The van der Waals surface area contributed by atoms with Crippen molar-refractivity contribution in [3.8, 4) is 5.75 Å². The number of methoxy groups -OCH3 is 1. The van der Waals surface area contributed by atoms with Crippen molar-refractivity contribution in [3.05, 3.63) is 70.3 Å². The molecule has 0 radical (unpaired) electrons. The number of rotatable bonds is 3. The minimum Gasteiger partial charge on any atom is -0.491 e. The molecule has 4 aliphatic rings. The third-order valence-electron chi connectivity index (χ3n) is 10.1. The van der Waals surface area contributed by atoms with E-state index in [1.165, 1.54) is 11.1 Å². The minimum absolute atomic E-state index is 0.00693. The van der Waals surface area contributed by atoms with Crippen LogP contribution in [0.5, 0.6) is 5.75 Å². The molecule has 1 unspecified atom stereocenters. The normalized spacial score (nSPS) is 31.6. The molecule has 12 heteroatoms. The monoisotopic (exact) mass is 698 g/mol. The molecule has 2 saturated carbocycles. The molecule has 48 heavy (non-hydrogen) atoms. The van der Waals surface area contributed by atoms with Crippen molar-refractivity contribution in [2.75, 3.05) is 30.9 Å². The summed E-state index contributed by atoms with van der Waals surface area (Å²) in [5.74, 6) is 0.538. The number of aliphatic hydroxyl groups is 1. The van der Waals surface area contributed by atoms with Crippen LogP contribution in [0.4, 0.5) is 10.5 Å². The number of carbonyl (C=O) groups excluding carboxylic acids is 2. The number of fused-ring (bicyclic) bond motifs is 3. The maximum absolute atomic E-state index is 14.3. The van der Waals surface area contributed by atoms with E-state index in [2.05, 4.69) is 43.6 Å². The van der Waals surface area contributed by atoms with Gasteiger partial charge in [-0.3, -0.25) is 9.52 Å². The van der Waals surface area contributed by atoms with Gasteiger partial charge in [0.1, 0.15) is 15.7 Å². The number of nitrogens with one attached hydrogen (secondary N) is 2. The van der Waals surface area contributed by atoms with Crippen molar-refractivity contribution in [1.82, 2.24) is 10.0 Å². The molecule has 2 aliphatic carbocycles. The smallest absolute Gasteiger partial charge is 0.327 e. The van der Waals surface area contributed by atoms with E-state index in [-0.39, 0.29) is 29.4 Å². The first-order valence-electron chi connectivity index (χ1n) is 17.1. The molecule has 2 aromatic carbocycles. The molecule has 2 heterocycles. The Labute approximate surface area is 288 Å². The summed E-state index contributed by atoms with van der Waals surface area (Å²) in [5.41, 5.74) is 3.42. The number of halogens is 1. The molecule has 0 saturated heterocycles. The number of allylic oxidation sites excluding steroid dienone is 1. The van der Waals surface area contributed by atoms with Gasteiger partial charge < -0.3 is 24.8 Å². The summed E-state index contributed by atoms with van der Waals surface area (Å²) in [6, 6.07) is 10.5. The van der Waals surface area contributed by atoms with Crippen molar-refractivity contribution in [2.45, 2.75) is 83.1 Å². The van der Waals surface area contributed by atoms with E-state index >= 15 is 0 Å². The number of anilines is 1. The van der Waals surface area contributed by atoms with E-state index in [0.29, 0.717) is 55.0 Å². The van der Waals surface area contributed by atoms with Gasteiger partial charge in [0, 0.05) is 36.8 Å². The molecule has 260 valence electrons. The summed E-state index contributed by atoms with van der Waals surface area (Å²) < 4.78 is 33.4. The molecule has 2 aliphatic heterocycles. The van der Waals surface area contributed by atoms with Gasteiger partial charge in [0.05, 0.1) is 30.3 Å². The zero-order valence-corrected chi connectivity index (χ0v) is 29.3. The van der Waals surface area contributed by atoms with Crippen LogP contribution in [0.15, 0.2) is 52.9 Å². The maximum atomic E-state index is 14.3. The van der Waals surface area contributed by atoms with Crippen LogP contribution >= 0.6 is 11.6 Å². The number of aliphatic hydroxyl groups excluding tert-OH is 1. The summed E-state index contributed by atoms with van der Waals surface area (Å²) in [6.07, 6.45) is 9.90. The standard InChI is InChI=1S/C36H47ClN4O6S/c1-23-6-5-8-33(46-2)31-13-10-27(31)21-41-20-26-9-12-28(37)16-24(26)7-3-4-15-47-34-14-11-25(17-32(34)41)35(43)39-48(45,22-23)40-36(44)38-29-18-30(42)19-29/h5,8-9,11-12,14,16-17,23,27,29-31,33,42H,3-4,6-7,10,13,15,18-22H2,1-2H3,(H2,38,39,40,43,44,45)/b8-5+/t23-,27-,29-,30-,31+,33-,48?/m0/s1. The average Bonchev–Trinajstić information content (AvgIpc) is 3.04. The lowest BCUT2D eigenvalue weighted by atomic mass is 9.70. The Morgan fingerprint density at radius 3 is 2.73 bits per heavy atom. The Kier molecular flexibility index (Phi) is 11.0. The van der Waals surface area contributed by atoms with E-state index in [0.717, 1.165) is 44.3 Å². The van der Waals surface area contributed by atoms with Crippen LogP contribution in [-0.4, -0.2) is 65.5 Å². The van der Waals surface area contributed by atoms with E-state index in [1.54, 1.807) is 25.3 Å². The van der Waals surface area contributed by atoms with E-state index in [4.69, 9.17) is 21.1 Å². The molecule has 0 spiro atoms. The fourth-order valence-electron chi connectivity index (χ4n) is 7.24. The van der Waals surface area contributed by atoms with Gasteiger partial charge in [-0.05, 0) is 111 Å². The molecular weight excluding hydrogens is 652 g/mol. The number of aryl methyl sites for hydroxylation is 1. The number of benzene rings is 2. The largest absolute Gasteiger partial charge is 0.491 e. The summed E-state index contributed by atoms with van der Waals surface area (Å²) >= 11 is 6.44. The molecule has 2 aromatic rings. The highest BCUT2D eigenvalue weighted by Gasteiger charge is 2.38. The lowest BCUT2D eigenvalue weighted by Gasteiger charge is -2.43. The quantitative estimate of drug-likeness (QED) is 0.333. The van der Waals surface area contributed by atoms with Crippen molar-refractivity contribution in [1.29, 1.82) is 0 Å². The predicted octanol–water partition coefficient (Wildman–Crippen LogP) is 6.04. The predicted molar refractivity (Wildman–Crippen MR) is 188 cm³/mol. The fourth-order valence-corrected chi connectivity index (χ4v) is 9.27. The first-order chi connectivity index (χ1) is 23.1. The summed E-state index contributed by atoms with van der Waals surface area (Å²) in [5, 5.41) is 13.1. The highest BCUT2D eigenvalue weighted by molar-refractivity contribution is 7.92. The lowest BCUT2D eigenvalue weighted by molar-refractivity contribution is 0.0133. The third-order valence-corrected chi connectivity index (χ3v) is 12.3. The second-order valence-electron chi connectivity index (χ2n) is 13.9. The highest BCUT2D eigenvalue weighted by atomic mass is 35.5. The number of ether oxygens (including phenoxy) is 2. The Bertz CT molecular complexity index is 1650. The highest BCUT2D eigenvalue weighted by Crippen LogP contribution is 2.42. The first kappa shape index (κ1) is 34.7. The van der Waals surface area contributed by atoms with Crippen molar-refractivity contribution < 1.29 is 28.4 Å². The van der Waals surface area contributed by atoms with Gasteiger partial charge in [-0.15, -0.1) is 4.36 Å². The lowest BCUT2D eigenvalue weighted by Crippen LogP contribution is -2.51. The van der Waals surface area contributed by atoms with E-state index in [1.807, 2.05) is 13.0 Å². The minimum atomic E-state index is -3.51. The first-order valence-corrected chi connectivity index (χ1v) is 19.2. The third kappa shape index (κ3) is 8.35. The molecule has 0 aromatic heterocycles. The molecule has 10 nitrogen and oxygen atoms in total. The zero-order valence-electron chi connectivity index (χ0n) is 27.7. The molecule has 5 atom stereocenters. The second kappa shape index (κ2) is 15.2. The van der Waals surface area contributed by atoms with Crippen LogP contribution in [0, 0.1) is 17.8 Å². The van der Waals surface area contributed by atoms with Gasteiger partial charge in [-0.25, -0.2) is 9.00 Å². The molecule has 3 N–H and O–H groups in total. The van der Waals surface area contributed by atoms with Crippen LogP contribution in [0.25, 0.3) is 0 Å². The Morgan fingerprint density at radius 1 is 1.15 bits per heavy atom. The van der Waals surface area contributed by atoms with Gasteiger partial charge in [-0.1, -0.05) is 36.7 Å². The molecular formula is C36H47ClN4O6S. The van der Waals surface area contributed by atoms with Crippen molar-refractivity contribution >= 4 is 39.1 Å². The topological polar surface area (TPSA) is 130 Å². The van der Waals surface area contributed by atoms with Gasteiger partial charge in [-0.2, -0.15) is 0 Å². The van der Waals surface area contributed by atoms with Crippen LogP contribution in [-0.2, 0) is 27.6 Å². The van der Waals surface area contributed by atoms with Gasteiger partial charge in [0.2, 0.25) is 0 Å². The summed E-state index contributed by atoms with van der Waals surface area (Å²) in [7, 11) is -1.77. The number of carbonyl (C=O) groups is 2. The van der Waals surface area contributed by atoms with Crippen LogP contribution in [0.2, 0.25) is 5.02 Å². The second-order valence-corrected chi connectivity index (χ2v) is 16.3. The molecule has 2 fully saturated rings. The summed E-state index contributed by atoms with van der Waals surface area (Å²) in [4.78, 5) is 29.1. The zero-order chi connectivity index (χ0) is 33.8. The number of hydrogen-bond acceptors (Lipinski definition) is 7. The Hall–Kier alpha value is -3.12. The average molecular weight is 699 g/mol. The maximum Gasteiger partial charge on any atom is 0.327 e. The van der Waals surface area contributed by atoms with Crippen molar-refractivity contribution in [2.24, 2.45) is 22.1 Å². The number of hydrogen-bond donors (Lipinski definition) is 3. The SMILES string of the molecule is CO[C@H]1/C=C/C[C@H](C)CS(=O)(NC(=O)N[C@H]2C[C@H](O)C2)=NC(=O)c2ccc3c(c2)N(Cc2ccc(Cl)cc2CCCCO3)C[C@@H]2CC[C@H]21. The van der Waals surface area contributed by atoms with Gasteiger partial charge >= 0.3 is 6.03 Å². The van der Waals surface area contributed by atoms with Crippen molar-refractivity contribution in [3.63, 3.8) is 0 Å². The van der Waals surface area contributed by atoms with E-state index < -0.39 is 28.0 Å². The van der Waals surface area contributed by atoms with Crippen LogP contribution < -0.4 is 19.7 Å². The van der Waals surface area contributed by atoms with Crippen LogP contribution in [0.1, 0.15) is 73.4 Å². The number of nitrogens with zero attached hydrogens (tertiary/aromatic N) is 2. The molecule has 2 bridgehead atoms. The molecule has 3 amide bonds. The molecule has 6 rings (SSSR count). The van der Waals surface area contributed by atoms with Crippen LogP contribution in [0.3, 0.4) is 0 Å². The fraction of sp³-hybridized carbons (Fsp3) is 0.556. The van der Waals surface area contributed by atoms with E-state index in [9.17, 15) is 18.9 Å². The van der Waals surface area contributed by atoms with Gasteiger partial charge in [0.25, 0.3) is 5.91 Å². The summed E-state index contributed by atoms with van der Waals surface area (Å²) in [6.45, 7) is 3.79. The Balaban J connectivity index is 1.41. The Morgan fingerprint density at radius 2 is 1.98 bits per heavy atom. The number of urea groups is 1. The van der Waals surface area contributed by atoms with Gasteiger partial charge in [0.15, 0.2) is 0 Å².